The van der Waals surface area contributed by atoms with Crippen molar-refractivity contribution in [3.8, 4) is 10.0 Å². The van der Waals surface area contributed by atoms with E-state index < -0.39 is 34.3 Å². The van der Waals surface area contributed by atoms with Crippen molar-refractivity contribution in [3.63, 3.8) is 0 Å². The number of nitrogens with two attached hydrogens (primary N) is 1. The fourth-order valence-electron chi connectivity index (χ4n) is 2.58. The Morgan fingerprint density at radius 2 is 1.41 bits per heavy atom. The molecule has 0 aromatic carbocycles. The lowest BCUT2D eigenvalue weighted by molar-refractivity contribution is -0.138. The molecule has 0 saturated carbocycles. The molecule has 0 spiro atoms. The summed E-state index contributed by atoms with van der Waals surface area (Å²) in [5.74, 6) is -1.53. The van der Waals surface area contributed by atoms with Crippen LogP contribution in [0.1, 0.15) is 37.7 Å². The normalized spacial score (nSPS) is 11.6. The zero-order chi connectivity index (χ0) is 29.1. The first-order chi connectivity index (χ1) is 18.1. The number of ether oxygens (including phenoxy) is 2. The van der Waals surface area contributed by atoms with Crippen molar-refractivity contribution < 1.29 is 45.4 Å². The molecule has 0 radical (unpaired) electrons. The van der Waals surface area contributed by atoms with Crippen LogP contribution in [0.25, 0.3) is 10.0 Å². The third-order valence-electron chi connectivity index (χ3n) is 4.24. The second kappa shape index (κ2) is 11.6. The molecule has 0 saturated heterocycles. The monoisotopic (exact) mass is 617 g/mol. The average Bonchev–Trinajstić information content (AvgIpc) is 3.63. The molecule has 210 valence electrons. The molecule has 0 amide bonds. The van der Waals surface area contributed by atoms with Crippen molar-refractivity contribution >= 4 is 52.0 Å². The number of methoxy groups -OCH3 is 1. The molecule has 0 unspecified atom stereocenters. The number of carbonyl (C=O) groups is 2. The third kappa shape index (κ3) is 7.03. The summed E-state index contributed by atoms with van der Waals surface area (Å²) in [6.07, 6.45) is -4.65. The van der Waals surface area contributed by atoms with Gasteiger partial charge in [0.05, 0.1) is 26.1 Å². The zero-order valence-electron chi connectivity index (χ0n) is 19.4. The number of thiazole rings is 2. The van der Waals surface area contributed by atoms with Crippen molar-refractivity contribution in [1.29, 1.82) is 0 Å². The second-order valence-corrected chi connectivity index (χ2v) is 9.24. The summed E-state index contributed by atoms with van der Waals surface area (Å²) in [6, 6.07) is 0. The maximum Gasteiger partial charge on any atom is 0.443 e. The summed E-state index contributed by atoms with van der Waals surface area (Å²) >= 11 is 6.48. The highest BCUT2D eigenvalue weighted by atomic mass is 35.5. The highest BCUT2D eigenvalue weighted by Crippen LogP contribution is 2.35. The number of hydrogen-bond donors (Lipinski definition) is 1. The van der Waals surface area contributed by atoms with Gasteiger partial charge < -0.3 is 15.2 Å². The molecule has 0 atom stereocenters. The van der Waals surface area contributed by atoms with E-state index in [-0.39, 0.29) is 38.7 Å². The number of carbonyl (C=O) groups excluding carboxylic acids is 2. The van der Waals surface area contributed by atoms with E-state index in [1.807, 2.05) is 0 Å². The number of alkyl halides is 6. The van der Waals surface area contributed by atoms with E-state index in [0.29, 0.717) is 22.7 Å². The van der Waals surface area contributed by atoms with Gasteiger partial charge in [0.25, 0.3) is 0 Å². The van der Waals surface area contributed by atoms with Crippen LogP contribution in [-0.2, 0) is 21.8 Å². The molecule has 0 fully saturated rings. The number of rotatable bonds is 5. The molecule has 0 bridgehead atoms. The SMILES string of the molecule is CCOC(=O)c1cn(-c2cnc(C(F)(F)F)s2)nc1N.COC(=O)c1cn(-c2cnc(C(F)(F)F)s2)nc1Cl. The Labute approximate surface area is 226 Å². The zero-order valence-corrected chi connectivity index (χ0v) is 21.8. The number of nitrogen functional groups attached to an aromatic ring is 1. The minimum absolute atomic E-state index is 0.00573. The van der Waals surface area contributed by atoms with Crippen LogP contribution in [0.4, 0.5) is 32.2 Å². The van der Waals surface area contributed by atoms with Gasteiger partial charge in [0.1, 0.15) is 21.1 Å². The maximum absolute atomic E-state index is 12.4. The summed E-state index contributed by atoms with van der Waals surface area (Å²) < 4.78 is 85.9. The van der Waals surface area contributed by atoms with Crippen molar-refractivity contribution in [2.75, 3.05) is 19.5 Å². The maximum atomic E-state index is 12.4. The minimum atomic E-state index is -4.52. The molecule has 0 aliphatic heterocycles. The summed E-state index contributed by atoms with van der Waals surface area (Å²) in [6.45, 7) is 1.78. The van der Waals surface area contributed by atoms with Gasteiger partial charge in [-0.25, -0.2) is 28.9 Å². The van der Waals surface area contributed by atoms with Crippen LogP contribution in [0, 0.1) is 0 Å². The van der Waals surface area contributed by atoms with Gasteiger partial charge in [0, 0.05) is 12.4 Å². The largest absolute Gasteiger partial charge is 0.465 e. The standard InChI is InChI=1S/C10H9F3N4O2S.C9H5ClF3N3O2S/c1-2-19-8(18)5-4-17(16-7(5)14)6-3-15-9(20-6)10(11,12)13;1-18-7(17)4-3-16(15-6(4)10)5-2-14-8(19-5)9(11,12)13/h3-4H,2H2,1H3,(H2,14,16);2-3H,1H3. The lowest BCUT2D eigenvalue weighted by atomic mass is 10.3. The van der Waals surface area contributed by atoms with Crippen molar-refractivity contribution in [2.24, 2.45) is 0 Å². The average molecular weight is 618 g/mol. The fraction of sp³-hybridized carbons (Fsp3) is 0.263. The van der Waals surface area contributed by atoms with Gasteiger partial charge >= 0.3 is 24.3 Å². The van der Waals surface area contributed by atoms with Crippen LogP contribution < -0.4 is 5.73 Å². The predicted molar refractivity (Wildman–Crippen MR) is 125 cm³/mol. The van der Waals surface area contributed by atoms with Crippen molar-refractivity contribution in [3.05, 3.63) is 51.1 Å². The number of hydrogen-bond acceptors (Lipinski definition) is 11. The number of aromatic nitrogens is 6. The Morgan fingerprint density at radius 3 is 1.85 bits per heavy atom. The van der Waals surface area contributed by atoms with E-state index in [2.05, 4.69) is 24.9 Å². The fourth-order valence-corrected chi connectivity index (χ4v) is 4.21. The number of nitrogens with zero attached hydrogens (tertiary/aromatic N) is 6. The van der Waals surface area contributed by atoms with Crippen LogP contribution in [0.15, 0.2) is 24.8 Å². The molecule has 39 heavy (non-hydrogen) atoms. The molecule has 11 nitrogen and oxygen atoms in total. The smallest absolute Gasteiger partial charge is 0.443 e. The molecule has 4 aromatic rings. The van der Waals surface area contributed by atoms with E-state index in [1.165, 1.54) is 12.4 Å². The minimum Gasteiger partial charge on any atom is -0.465 e. The van der Waals surface area contributed by atoms with E-state index in [0.717, 1.165) is 28.9 Å². The Hall–Kier alpha value is -3.71. The van der Waals surface area contributed by atoms with Gasteiger partial charge in [0.2, 0.25) is 0 Å². The van der Waals surface area contributed by atoms with Gasteiger partial charge in [-0.1, -0.05) is 34.3 Å². The lowest BCUT2D eigenvalue weighted by Gasteiger charge is -1.99. The molecule has 0 aliphatic rings. The van der Waals surface area contributed by atoms with E-state index in [9.17, 15) is 35.9 Å². The first-order valence-electron chi connectivity index (χ1n) is 10.1. The molecular weight excluding hydrogens is 604 g/mol. The molecule has 0 aliphatic carbocycles. The number of esters is 2. The third-order valence-corrected chi connectivity index (χ3v) is 6.58. The molecular formula is C19H14ClF6N7O4S2. The van der Waals surface area contributed by atoms with Gasteiger partial charge in [-0.3, -0.25) is 0 Å². The van der Waals surface area contributed by atoms with E-state index >= 15 is 0 Å². The molecule has 20 heteroatoms. The Kier molecular flexibility index (Phi) is 8.86. The van der Waals surface area contributed by atoms with E-state index in [1.54, 1.807) is 6.92 Å². The Balaban J connectivity index is 0.000000216. The molecule has 4 heterocycles. The second-order valence-electron chi connectivity index (χ2n) is 6.87. The van der Waals surface area contributed by atoms with Crippen LogP contribution in [0.5, 0.6) is 0 Å². The van der Waals surface area contributed by atoms with Crippen molar-refractivity contribution in [1.82, 2.24) is 29.5 Å². The predicted octanol–water partition coefficient (Wildman–Crippen LogP) is 4.89. The highest BCUT2D eigenvalue weighted by molar-refractivity contribution is 7.14. The summed E-state index contributed by atoms with van der Waals surface area (Å²) in [7, 11) is 1.16. The van der Waals surface area contributed by atoms with E-state index in [4.69, 9.17) is 22.1 Å². The topological polar surface area (TPSA) is 140 Å². The van der Waals surface area contributed by atoms with Gasteiger partial charge in [-0.2, -0.15) is 31.4 Å². The first kappa shape index (κ1) is 29.8. The molecule has 2 N–H and O–H groups in total. The number of anilines is 1. The lowest BCUT2D eigenvalue weighted by Crippen LogP contribution is -2.05. The molecule has 4 aromatic heterocycles. The highest BCUT2D eigenvalue weighted by Gasteiger charge is 2.36. The summed E-state index contributed by atoms with van der Waals surface area (Å²) in [5.41, 5.74) is 5.49. The molecule has 4 rings (SSSR count). The quantitative estimate of drug-likeness (QED) is 0.245. The van der Waals surface area contributed by atoms with Crippen molar-refractivity contribution in [2.45, 2.75) is 19.3 Å². The van der Waals surface area contributed by atoms with Gasteiger partial charge in [-0.05, 0) is 6.92 Å². The van der Waals surface area contributed by atoms with Crippen LogP contribution in [0.2, 0.25) is 5.15 Å². The first-order valence-corrected chi connectivity index (χ1v) is 12.1. The van der Waals surface area contributed by atoms with Gasteiger partial charge in [-0.15, -0.1) is 5.10 Å². The summed E-state index contributed by atoms with van der Waals surface area (Å²) in [4.78, 5) is 29.3. The van der Waals surface area contributed by atoms with Crippen LogP contribution >= 0.6 is 34.3 Å². The summed E-state index contributed by atoms with van der Waals surface area (Å²) in [5, 5.41) is 5.53. The van der Waals surface area contributed by atoms with Crippen LogP contribution in [-0.4, -0.2) is 55.2 Å². The van der Waals surface area contributed by atoms with Gasteiger partial charge in [0.15, 0.2) is 21.0 Å². The Bertz CT molecular complexity index is 1480. The number of halogens is 7. The Morgan fingerprint density at radius 1 is 0.923 bits per heavy atom. The van der Waals surface area contributed by atoms with Crippen LogP contribution in [0.3, 0.4) is 0 Å².